The average Bonchev–Trinajstić information content (AvgIpc) is 3.21. The number of rotatable bonds is 7. The van der Waals surface area contributed by atoms with Gasteiger partial charge in [0.05, 0.1) is 11.7 Å². The van der Waals surface area contributed by atoms with Gasteiger partial charge < -0.3 is 10.4 Å². The van der Waals surface area contributed by atoms with Gasteiger partial charge in [0.25, 0.3) is 0 Å². The van der Waals surface area contributed by atoms with E-state index in [1.165, 1.54) is 31.4 Å². The van der Waals surface area contributed by atoms with Crippen LogP contribution in [0.15, 0.2) is 24.3 Å². The molecule has 1 aromatic rings. The normalized spacial score (nSPS) is 17.2. The van der Waals surface area contributed by atoms with Crippen molar-refractivity contribution in [3.63, 3.8) is 0 Å². The van der Waals surface area contributed by atoms with Crippen LogP contribution in [0.4, 0.5) is 13.2 Å². The molecular weight excluding hydrogens is 267 g/mol. The summed E-state index contributed by atoms with van der Waals surface area (Å²) >= 11 is 0. The molecule has 1 unspecified atom stereocenters. The molecule has 0 spiro atoms. The smallest absolute Gasteiger partial charge is 0.387 e. The van der Waals surface area contributed by atoms with Gasteiger partial charge in [-0.15, -0.1) is 0 Å². The van der Waals surface area contributed by atoms with E-state index in [0.717, 1.165) is 31.0 Å². The first kappa shape index (κ1) is 15.3. The molecule has 1 fully saturated rings. The molecule has 0 radical (unpaired) electrons. The zero-order valence-corrected chi connectivity index (χ0v) is 11.3. The van der Waals surface area contributed by atoms with E-state index >= 15 is 0 Å². The molecule has 1 saturated carbocycles. The van der Waals surface area contributed by atoms with Crippen LogP contribution in [0.1, 0.15) is 42.9 Å². The number of aliphatic hydroxyl groups is 1. The molecule has 112 valence electrons. The highest BCUT2D eigenvalue weighted by Gasteiger charge is 2.30. The monoisotopic (exact) mass is 287 g/mol. The average molecular weight is 287 g/mol. The summed E-state index contributed by atoms with van der Waals surface area (Å²) in [7, 11) is 0. The number of benzene rings is 1. The zero-order chi connectivity index (χ0) is 14.6. The number of nitrogens with one attached hydrogen (secondary N) is 1. The summed E-state index contributed by atoms with van der Waals surface area (Å²) in [4.78, 5) is 0. The van der Waals surface area contributed by atoms with Crippen LogP contribution in [0.2, 0.25) is 0 Å². The lowest BCUT2D eigenvalue weighted by atomic mass is 10.1. The summed E-state index contributed by atoms with van der Waals surface area (Å²) < 4.78 is 37.2. The standard InChI is InChI=1S/C15H20F3NO/c16-15(17,18)13-7-5-12(6-8-13)14(20)10-19-9-1-2-11-3-4-11/h5-8,11,14,19-20H,1-4,9-10H2. The quantitative estimate of drug-likeness (QED) is 0.752. The van der Waals surface area contributed by atoms with Gasteiger partial charge in [-0.2, -0.15) is 13.2 Å². The van der Waals surface area contributed by atoms with Crippen molar-refractivity contribution < 1.29 is 18.3 Å². The SMILES string of the molecule is OC(CNCCCC1CC1)c1ccc(C(F)(F)F)cc1. The molecule has 2 rings (SSSR count). The van der Waals surface area contributed by atoms with E-state index in [4.69, 9.17) is 0 Å². The maximum absolute atomic E-state index is 12.4. The zero-order valence-electron chi connectivity index (χ0n) is 11.3. The van der Waals surface area contributed by atoms with E-state index in [-0.39, 0.29) is 0 Å². The van der Waals surface area contributed by atoms with Crippen molar-refractivity contribution in [1.29, 1.82) is 0 Å². The topological polar surface area (TPSA) is 32.3 Å². The fourth-order valence-electron chi connectivity index (χ4n) is 2.17. The maximum atomic E-state index is 12.4. The predicted octanol–water partition coefficient (Wildman–Crippen LogP) is 3.52. The molecule has 1 aliphatic carbocycles. The fourth-order valence-corrected chi connectivity index (χ4v) is 2.17. The van der Waals surface area contributed by atoms with Crippen LogP contribution < -0.4 is 5.32 Å². The number of aliphatic hydroxyl groups excluding tert-OH is 1. The minimum atomic E-state index is -4.33. The minimum Gasteiger partial charge on any atom is -0.387 e. The third-order valence-electron chi connectivity index (χ3n) is 3.62. The van der Waals surface area contributed by atoms with Crippen LogP contribution >= 0.6 is 0 Å². The Labute approximate surface area is 117 Å². The highest BCUT2D eigenvalue weighted by Crippen LogP contribution is 2.33. The summed E-state index contributed by atoms with van der Waals surface area (Å²) in [5.41, 5.74) is -0.182. The first-order valence-corrected chi connectivity index (χ1v) is 7.03. The third kappa shape index (κ3) is 4.80. The van der Waals surface area contributed by atoms with Crippen LogP contribution in [0, 0.1) is 5.92 Å². The van der Waals surface area contributed by atoms with Gasteiger partial charge in [0.2, 0.25) is 0 Å². The molecule has 1 aromatic carbocycles. The number of halogens is 3. The molecule has 1 aliphatic rings. The molecule has 0 amide bonds. The first-order chi connectivity index (χ1) is 9.47. The summed E-state index contributed by atoms with van der Waals surface area (Å²) in [6, 6.07) is 4.68. The Kier molecular flexibility index (Phi) is 5.05. The van der Waals surface area contributed by atoms with E-state index in [1.807, 2.05) is 0 Å². The van der Waals surface area contributed by atoms with Gasteiger partial charge in [-0.1, -0.05) is 25.0 Å². The molecule has 0 heterocycles. The molecule has 5 heteroatoms. The Bertz CT molecular complexity index is 412. The van der Waals surface area contributed by atoms with Crippen molar-refractivity contribution in [2.24, 2.45) is 5.92 Å². The van der Waals surface area contributed by atoms with Crippen LogP contribution in [0.25, 0.3) is 0 Å². The van der Waals surface area contributed by atoms with Gasteiger partial charge in [-0.3, -0.25) is 0 Å². The molecule has 2 N–H and O–H groups in total. The van der Waals surface area contributed by atoms with E-state index in [0.29, 0.717) is 12.1 Å². The summed E-state index contributed by atoms with van der Waals surface area (Å²) in [6.07, 6.45) is -0.0982. The maximum Gasteiger partial charge on any atom is 0.416 e. The van der Waals surface area contributed by atoms with Crippen LogP contribution in [0.3, 0.4) is 0 Å². The first-order valence-electron chi connectivity index (χ1n) is 7.03. The van der Waals surface area contributed by atoms with E-state index < -0.39 is 17.8 Å². The Hall–Kier alpha value is -1.07. The second-order valence-corrected chi connectivity index (χ2v) is 5.43. The van der Waals surface area contributed by atoms with Crippen molar-refractivity contribution in [3.05, 3.63) is 35.4 Å². The van der Waals surface area contributed by atoms with Gasteiger partial charge >= 0.3 is 6.18 Å². The second kappa shape index (κ2) is 6.59. The number of alkyl halides is 3. The van der Waals surface area contributed by atoms with Crippen molar-refractivity contribution in [1.82, 2.24) is 5.32 Å². The molecule has 2 nitrogen and oxygen atoms in total. The molecule has 0 bridgehead atoms. The Morgan fingerprint density at radius 3 is 2.40 bits per heavy atom. The fraction of sp³-hybridized carbons (Fsp3) is 0.600. The lowest BCUT2D eigenvalue weighted by Gasteiger charge is -2.13. The minimum absolute atomic E-state index is 0.371. The summed E-state index contributed by atoms with van der Waals surface area (Å²) in [5, 5.41) is 13.0. The van der Waals surface area contributed by atoms with Crippen molar-refractivity contribution in [2.45, 2.75) is 38.0 Å². The third-order valence-corrected chi connectivity index (χ3v) is 3.62. The number of hydrogen-bond donors (Lipinski definition) is 2. The molecular formula is C15H20F3NO. The van der Waals surface area contributed by atoms with E-state index in [2.05, 4.69) is 5.32 Å². The largest absolute Gasteiger partial charge is 0.416 e. The molecule has 20 heavy (non-hydrogen) atoms. The van der Waals surface area contributed by atoms with Crippen LogP contribution in [0.5, 0.6) is 0 Å². The molecule has 0 aromatic heterocycles. The van der Waals surface area contributed by atoms with Crippen molar-refractivity contribution in [2.75, 3.05) is 13.1 Å². The highest BCUT2D eigenvalue weighted by molar-refractivity contribution is 5.26. The van der Waals surface area contributed by atoms with Crippen molar-refractivity contribution >= 4 is 0 Å². The van der Waals surface area contributed by atoms with Crippen LogP contribution in [-0.2, 0) is 6.18 Å². The Morgan fingerprint density at radius 2 is 1.85 bits per heavy atom. The van der Waals surface area contributed by atoms with E-state index in [9.17, 15) is 18.3 Å². The lowest BCUT2D eigenvalue weighted by molar-refractivity contribution is -0.137. The molecule has 0 saturated heterocycles. The molecule has 0 aliphatic heterocycles. The van der Waals surface area contributed by atoms with Gasteiger partial charge in [-0.05, 0) is 43.0 Å². The second-order valence-electron chi connectivity index (χ2n) is 5.43. The summed E-state index contributed by atoms with van der Waals surface area (Å²) in [5.74, 6) is 0.900. The van der Waals surface area contributed by atoms with Crippen LogP contribution in [-0.4, -0.2) is 18.2 Å². The molecule has 1 atom stereocenters. The predicted molar refractivity (Wildman–Crippen MR) is 71.2 cm³/mol. The summed E-state index contributed by atoms with van der Waals surface area (Å²) in [6.45, 7) is 1.21. The highest BCUT2D eigenvalue weighted by atomic mass is 19.4. The van der Waals surface area contributed by atoms with Gasteiger partial charge in [0.15, 0.2) is 0 Å². The van der Waals surface area contributed by atoms with Gasteiger partial charge in [0, 0.05) is 6.54 Å². The van der Waals surface area contributed by atoms with Gasteiger partial charge in [0.1, 0.15) is 0 Å². The van der Waals surface area contributed by atoms with Crippen molar-refractivity contribution in [3.8, 4) is 0 Å². The van der Waals surface area contributed by atoms with E-state index in [1.54, 1.807) is 0 Å². The lowest BCUT2D eigenvalue weighted by Crippen LogP contribution is -2.22. The number of hydrogen-bond acceptors (Lipinski definition) is 2. The van der Waals surface area contributed by atoms with Gasteiger partial charge in [-0.25, -0.2) is 0 Å². The Morgan fingerprint density at radius 1 is 1.20 bits per heavy atom. The Balaban J connectivity index is 1.72.